The molecule has 2 fully saturated rings. The Balaban J connectivity index is 1.55. The van der Waals surface area contributed by atoms with E-state index in [0.717, 1.165) is 12.0 Å². The highest BCUT2D eigenvalue weighted by molar-refractivity contribution is 6.35. The highest BCUT2D eigenvalue weighted by Gasteiger charge is 2.57. The molecule has 2 saturated carbocycles. The van der Waals surface area contributed by atoms with Crippen LogP contribution in [-0.4, -0.2) is 23.5 Å². The average Bonchev–Trinajstić information content (AvgIpc) is 3.30. The van der Waals surface area contributed by atoms with Crippen molar-refractivity contribution in [3.05, 3.63) is 33.8 Å². The van der Waals surface area contributed by atoms with E-state index in [0.29, 0.717) is 41.3 Å². The second-order valence-electron chi connectivity index (χ2n) is 5.87. The van der Waals surface area contributed by atoms with E-state index >= 15 is 0 Å². The van der Waals surface area contributed by atoms with Gasteiger partial charge in [0.2, 0.25) is 5.91 Å². The van der Waals surface area contributed by atoms with Gasteiger partial charge in [0.25, 0.3) is 0 Å². The molecule has 2 N–H and O–H groups in total. The van der Waals surface area contributed by atoms with Crippen LogP contribution in [0.2, 0.25) is 10.0 Å². The average molecular weight is 328 g/mol. The minimum absolute atomic E-state index is 0.315. The van der Waals surface area contributed by atoms with Crippen LogP contribution in [0, 0.1) is 11.3 Å². The Morgan fingerprint density at radius 2 is 2.05 bits per heavy atom. The van der Waals surface area contributed by atoms with Gasteiger partial charge in [0.15, 0.2) is 0 Å². The van der Waals surface area contributed by atoms with Gasteiger partial charge in [-0.2, -0.15) is 0 Å². The zero-order chi connectivity index (χ0) is 15.2. The fourth-order valence-corrected chi connectivity index (χ4v) is 3.26. The second kappa shape index (κ2) is 5.18. The molecule has 1 aromatic carbocycles. The summed E-state index contributed by atoms with van der Waals surface area (Å²) in [4.78, 5) is 23.0. The molecule has 0 bridgehead atoms. The molecule has 2 atom stereocenters. The molecule has 0 unspecified atom stereocenters. The predicted octanol–water partition coefficient (Wildman–Crippen LogP) is 3.08. The fourth-order valence-electron chi connectivity index (χ4n) is 2.71. The van der Waals surface area contributed by atoms with Crippen molar-refractivity contribution in [2.24, 2.45) is 11.3 Å². The second-order valence-corrected chi connectivity index (χ2v) is 6.71. The molecular weight excluding hydrogens is 313 g/mol. The Bertz CT molecular complexity index is 613. The summed E-state index contributed by atoms with van der Waals surface area (Å²) < 4.78 is 0. The van der Waals surface area contributed by atoms with Crippen molar-refractivity contribution in [1.82, 2.24) is 5.32 Å². The molecular formula is C15H15Cl2NO3. The number of aliphatic carboxylic acids is 1. The van der Waals surface area contributed by atoms with E-state index < -0.39 is 11.4 Å². The Labute approximate surface area is 132 Å². The molecule has 0 aromatic heterocycles. The van der Waals surface area contributed by atoms with Crippen molar-refractivity contribution in [3.8, 4) is 0 Å². The van der Waals surface area contributed by atoms with Crippen molar-refractivity contribution in [2.45, 2.75) is 25.2 Å². The standard InChI is InChI=1S/C15H15Cl2NO3/c16-9-1-2-10(12(17)6-9)11-5-8(11)7-18-13(19)15(3-4-15)14(20)21/h1-2,6,8,11H,3-5,7H2,(H,18,19)(H,20,21)/t8-,11+/m0/s1. The van der Waals surface area contributed by atoms with Crippen molar-refractivity contribution in [3.63, 3.8) is 0 Å². The number of nitrogens with one attached hydrogen (secondary N) is 1. The van der Waals surface area contributed by atoms with Gasteiger partial charge < -0.3 is 10.4 Å². The lowest BCUT2D eigenvalue weighted by Crippen LogP contribution is -2.38. The molecule has 1 aromatic rings. The minimum Gasteiger partial charge on any atom is -0.480 e. The van der Waals surface area contributed by atoms with E-state index in [4.69, 9.17) is 28.3 Å². The normalized spacial score (nSPS) is 25.2. The van der Waals surface area contributed by atoms with Gasteiger partial charge in [-0.25, -0.2) is 0 Å². The number of halogens is 2. The number of carbonyl (C=O) groups is 2. The molecule has 21 heavy (non-hydrogen) atoms. The molecule has 0 aliphatic heterocycles. The first-order valence-corrected chi connectivity index (χ1v) is 7.66. The predicted molar refractivity (Wildman–Crippen MR) is 79.6 cm³/mol. The molecule has 2 aliphatic carbocycles. The van der Waals surface area contributed by atoms with Crippen LogP contribution in [0.25, 0.3) is 0 Å². The summed E-state index contributed by atoms with van der Waals surface area (Å²) >= 11 is 12.0. The van der Waals surface area contributed by atoms with Crippen LogP contribution in [-0.2, 0) is 9.59 Å². The number of carboxylic acids is 1. The number of carbonyl (C=O) groups excluding carboxylic acids is 1. The van der Waals surface area contributed by atoms with Gasteiger partial charge in [0, 0.05) is 16.6 Å². The Morgan fingerprint density at radius 3 is 2.62 bits per heavy atom. The van der Waals surface area contributed by atoms with Gasteiger partial charge in [-0.3, -0.25) is 9.59 Å². The molecule has 6 heteroatoms. The van der Waals surface area contributed by atoms with Gasteiger partial charge in [-0.05, 0) is 48.8 Å². The Kier molecular flexibility index (Phi) is 3.62. The van der Waals surface area contributed by atoms with Crippen LogP contribution < -0.4 is 5.32 Å². The number of benzene rings is 1. The SMILES string of the molecule is O=C(O)C1(C(=O)NC[C@@H]2C[C@H]2c2ccc(Cl)cc2Cl)CC1. The topological polar surface area (TPSA) is 66.4 Å². The highest BCUT2D eigenvalue weighted by Crippen LogP contribution is 2.50. The highest BCUT2D eigenvalue weighted by atomic mass is 35.5. The van der Waals surface area contributed by atoms with Gasteiger partial charge in [-0.1, -0.05) is 29.3 Å². The first kappa shape index (κ1) is 14.7. The molecule has 3 rings (SSSR count). The van der Waals surface area contributed by atoms with E-state index in [9.17, 15) is 9.59 Å². The van der Waals surface area contributed by atoms with Crippen LogP contribution in [0.5, 0.6) is 0 Å². The van der Waals surface area contributed by atoms with E-state index in [1.54, 1.807) is 12.1 Å². The van der Waals surface area contributed by atoms with Crippen LogP contribution in [0.3, 0.4) is 0 Å². The van der Waals surface area contributed by atoms with Gasteiger partial charge in [0.1, 0.15) is 5.41 Å². The van der Waals surface area contributed by atoms with E-state index in [1.807, 2.05) is 6.07 Å². The van der Waals surface area contributed by atoms with Gasteiger partial charge >= 0.3 is 5.97 Å². The third-order valence-electron chi connectivity index (χ3n) is 4.40. The van der Waals surface area contributed by atoms with Gasteiger partial charge in [-0.15, -0.1) is 0 Å². The van der Waals surface area contributed by atoms with E-state index in [-0.39, 0.29) is 5.91 Å². The van der Waals surface area contributed by atoms with Crippen molar-refractivity contribution in [2.75, 3.05) is 6.54 Å². The maximum Gasteiger partial charge on any atom is 0.319 e. The third-order valence-corrected chi connectivity index (χ3v) is 4.97. The largest absolute Gasteiger partial charge is 0.480 e. The summed E-state index contributed by atoms with van der Waals surface area (Å²) in [7, 11) is 0. The van der Waals surface area contributed by atoms with Crippen LogP contribution in [0.4, 0.5) is 0 Å². The summed E-state index contributed by atoms with van der Waals surface area (Å²) in [5.41, 5.74) is -0.123. The number of hydrogen-bond donors (Lipinski definition) is 2. The van der Waals surface area contributed by atoms with Crippen LogP contribution in [0.15, 0.2) is 18.2 Å². The zero-order valence-electron chi connectivity index (χ0n) is 11.2. The number of hydrogen-bond acceptors (Lipinski definition) is 2. The minimum atomic E-state index is -1.16. The molecule has 2 aliphatic rings. The summed E-state index contributed by atoms with van der Waals surface area (Å²) in [5, 5.41) is 13.1. The van der Waals surface area contributed by atoms with Crippen LogP contribution in [0.1, 0.15) is 30.7 Å². The lowest BCUT2D eigenvalue weighted by molar-refractivity contribution is -0.149. The third kappa shape index (κ3) is 2.74. The van der Waals surface area contributed by atoms with E-state index in [2.05, 4.69) is 5.32 Å². The Hall–Kier alpha value is -1.26. The summed E-state index contributed by atoms with van der Waals surface area (Å²) in [6.45, 7) is 0.498. The maximum atomic E-state index is 11.9. The molecule has 112 valence electrons. The first-order valence-electron chi connectivity index (χ1n) is 6.91. The van der Waals surface area contributed by atoms with Gasteiger partial charge in [0.05, 0.1) is 0 Å². The number of amides is 1. The Morgan fingerprint density at radius 1 is 1.33 bits per heavy atom. The van der Waals surface area contributed by atoms with E-state index in [1.165, 1.54) is 0 Å². The fraction of sp³-hybridized carbons (Fsp3) is 0.467. The molecule has 1 amide bonds. The lowest BCUT2D eigenvalue weighted by Gasteiger charge is -2.10. The summed E-state index contributed by atoms with van der Waals surface area (Å²) in [5.74, 6) is -0.747. The monoisotopic (exact) mass is 327 g/mol. The smallest absolute Gasteiger partial charge is 0.319 e. The van der Waals surface area contributed by atoms with Crippen molar-refractivity contribution in [1.29, 1.82) is 0 Å². The first-order chi connectivity index (χ1) is 9.94. The lowest BCUT2D eigenvalue weighted by atomic mass is 10.1. The number of rotatable bonds is 5. The molecule has 4 nitrogen and oxygen atoms in total. The summed E-state index contributed by atoms with van der Waals surface area (Å²) in [6.07, 6.45) is 1.82. The number of carboxylic acid groups (broad SMARTS) is 1. The zero-order valence-corrected chi connectivity index (χ0v) is 12.7. The summed E-state index contributed by atoms with van der Waals surface area (Å²) in [6, 6.07) is 5.44. The molecule has 0 spiro atoms. The quantitative estimate of drug-likeness (QED) is 0.817. The maximum absolute atomic E-state index is 11.9. The van der Waals surface area contributed by atoms with Crippen molar-refractivity contribution < 1.29 is 14.7 Å². The molecule has 0 heterocycles. The van der Waals surface area contributed by atoms with Crippen molar-refractivity contribution >= 4 is 35.1 Å². The van der Waals surface area contributed by atoms with Crippen LogP contribution >= 0.6 is 23.2 Å². The molecule has 0 saturated heterocycles. The molecule has 0 radical (unpaired) electrons.